The van der Waals surface area contributed by atoms with Crippen LogP contribution in [0.3, 0.4) is 0 Å². The number of nitrogens with zero attached hydrogens (tertiary/aromatic N) is 2. The van der Waals surface area contributed by atoms with Crippen LogP contribution in [0.1, 0.15) is 53.3 Å². The minimum absolute atomic E-state index is 0.0582. The lowest BCUT2D eigenvalue weighted by molar-refractivity contribution is -0.125. The first-order chi connectivity index (χ1) is 9.29. The Morgan fingerprint density at radius 2 is 1.70 bits per heavy atom. The molecule has 1 heterocycles. The van der Waals surface area contributed by atoms with E-state index < -0.39 is 5.41 Å². The van der Waals surface area contributed by atoms with Crippen molar-refractivity contribution >= 4 is 11.6 Å². The molecular formula is C15H26N4O. The van der Waals surface area contributed by atoms with Gasteiger partial charge in [0.2, 0.25) is 5.91 Å². The summed E-state index contributed by atoms with van der Waals surface area (Å²) < 4.78 is 0. The van der Waals surface area contributed by atoms with Gasteiger partial charge < -0.3 is 11.1 Å². The van der Waals surface area contributed by atoms with E-state index >= 15 is 0 Å². The topological polar surface area (TPSA) is 80.9 Å². The number of carbonyl (C=O) groups excluding carboxylic acids is 1. The summed E-state index contributed by atoms with van der Waals surface area (Å²) in [5.41, 5.74) is 5.77. The molecule has 0 saturated carbocycles. The third kappa shape index (κ3) is 3.54. The number of hydrogen-bond donors (Lipinski definition) is 2. The third-order valence-electron chi connectivity index (χ3n) is 3.81. The molecule has 1 amide bonds. The largest absolute Gasteiger partial charge is 0.329 e. The smallest absolute Gasteiger partial charge is 0.231 e. The second kappa shape index (κ2) is 6.31. The van der Waals surface area contributed by atoms with E-state index in [1.165, 1.54) is 0 Å². The Bertz CT molecular complexity index is 436. The van der Waals surface area contributed by atoms with Crippen LogP contribution in [0.4, 0.5) is 5.69 Å². The second-order valence-electron chi connectivity index (χ2n) is 6.19. The SMILES string of the molecule is CCC(CC)(CN)C(=O)Nc1cnc(C(C)(C)C)nc1. The summed E-state index contributed by atoms with van der Waals surface area (Å²) in [5.74, 6) is 0.698. The van der Waals surface area contributed by atoms with Crippen molar-refractivity contribution in [3.63, 3.8) is 0 Å². The highest BCUT2D eigenvalue weighted by Crippen LogP contribution is 2.27. The van der Waals surface area contributed by atoms with Crippen molar-refractivity contribution in [2.24, 2.45) is 11.1 Å². The Labute approximate surface area is 121 Å². The summed E-state index contributed by atoms with van der Waals surface area (Å²) >= 11 is 0. The predicted octanol–water partition coefficient (Wildman–Crippen LogP) is 2.48. The number of nitrogens with two attached hydrogens (primary N) is 1. The van der Waals surface area contributed by atoms with Crippen LogP contribution >= 0.6 is 0 Å². The Balaban J connectivity index is 2.86. The molecule has 3 N–H and O–H groups in total. The molecule has 112 valence electrons. The first-order valence-electron chi connectivity index (χ1n) is 7.13. The second-order valence-corrected chi connectivity index (χ2v) is 6.19. The molecule has 1 aromatic heterocycles. The van der Waals surface area contributed by atoms with Crippen molar-refractivity contribution in [1.82, 2.24) is 9.97 Å². The van der Waals surface area contributed by atoms with Crippen LogP contribution in [-0.2, 0) is 10.2 Å². The van der Waals surface area contributed by atoms with E-state index in [4.69, 9.17) is 5.73 Å². The zero-order valence-electron chi connectivity index (χ0n) is 13.2. The monoisotopic (exact) mass is 278 g/mol. The molecule has 1 aromatic rings. The van der Waals surface area contributed by atoms with Gasteiger partial charge in [-0.05, 0) is 12.8 Å². The first kappa shape index (κ1) is 16.6. The highest BCUT2D eigenvalue weighted by molar-refractivity contribution is 5.95. The Kier molecular flexibility index (Phi) is 5.22. The maximum absolute atomic E-state index is 12.4. The molecule has 0 bridgehead atoms. The zero-order valence-corrected chi connectivity index (χ0v) is 13.2. The molecule has 0 spiro atoms. The van der Waals surface area contributed by atoms with Gasteiger partial charge in [-0.2, -0.15) is 0 Å². The molecule has 0 saturated heterocycles. The molecule has 0 aliphatic rings. The Morgan fingerprint density at radius 3 is 2.05 bits per heavy atom. The molecule has 20 heavy (non-hydrogen) atoms. The average molecular weight is 278 g/mol. The molecule has 5 nitrogen and oxygen atoms in total. The predicted molar refractivity (Wildman–Crippen MR) is 81.4 cm³/mol. The molecular weight excluding hydrogens is 252 g/mol. The number of aromatic nitrogens is 2. The van der Waals surface area contributed by atoms with Gasteiger partial charge in [-0.1, -0.05) is 34.6 Å². The van der Waals surface area contributed by atoms with Crippen molar-refractivity contribution in [1.29, 1.82) is 0 Å². The number of carbonyl (C=O) groups is 1. The molecule has 0 fully saturated rings. The normalized spacial score (nSPS) is 12.3. The summed E-state index contributed by atoms with van der Waals surface area (Å²) in [6.45, 7) is 10.5. The molecule has 0 atom stereocenters. The van der Waals surface area contributed by atoms with Crippen LogP contribution in [0.5, 0.6) is 0 Å². The van der Waals surface area contributed by atoms with Gasteiger partial charge in [0.1, 0.15) is 5.82 Å². The average Bonchev–Trinajstić information content (AvgIpc) is 2.41. The fraction of sp³-hybridized carbons (Fsp3) is 0.667. The maximum atomic E-state index is 12.4. The highest BCUT2D eigenvalue weighted by Gasteiger charge is 2.33. The van der Waals surface area contributed by atoms with Gasteiger partial charge in [-0.25, -0.2) is 9.97 Å². The number of anilines is 1. The van der Waals surface area contributed by atoms with Crippen LogP contribution in [0.25, 0.3) is 0 Å². The van der Waals surface area contributed by atoms with Crippen molar-refractivity contribution in [2.45, 2.75) is 52.9 Å². The Hall–Kier alpha value is -1.49. The van der Waals surface area contributed by atoms with Gasteiger partial charge in [0.05, 0.1) is 23.5 Å². The molecule has 0 radical (unpaired) electrons. The zero-order chi connectivity index (χ0) is 15.4. The van der Waals surface area contributed by atoms with Gasteiger partial charge in [0, 0.05) is 12.0 Å². The van der Waals surface area contributed by atoms with Crippen molar-refractivity contribution in [3.05, 3.63) is 18.2 Å². The van der Waals surface area contributed by atoms with E-state index in [9.17, 15) is 4.79 Å². The summed E-state index contributed by atoms with van der Waals surface area (Å²) in [4.78, 5) is 21.0. The van der Waals surface area contributed by atoms with Crippen LogP contribution in [0, 0.1) is 5.41 Å². The van der Waals surface area contributed by atoms with Gasteiger partial charge in [0.15, 0.2) is 0 Å². The van der Waals surface area contributed by atoms with Crippen LogP contribution in [0.2, 0.25) is 0 Å². The van der Waals surface area contributed by atoms with E-state index in [0.717, 1.165) is 5.82 Å². The third-order valence-corrected chi connectivity index (χ3v) is 3.81. The molecule has 0 aromatic carbocycles. The first-order valence-corrected chi connectivity index (χ1v) is 7.13. The minimum atomic E-state index is -0.511. The molecule has 0 unspecified atom stereocenters. The minimum Gasteiger partial charge on any atom is -0.329 e. The van der Waals surface area contributed by atoms with E-state index in [-0.39, 0.29) is 11.3 Å². The quantitative estimate of drug-likeness (QED) is 0.867. The molecule has 5 heteroatoms. The van der Waals surface area contributed by atoms with Gasteiger partial charge in [-0.15, -0.1) is 0 Å². The fourth-order valence-corrected chi connectivity index (χ4v) is 2.00. The summed E-state index contributed by atoms with van der Waals surface area (Å²) in [7, 11) is 0. The van der Waals surface area contributed by atoms with E-state index in [1.54, 1.807) is 12.4 Å². The summed E-state index contributed by atoms with van der Waals surface area (Å²) in [6.07, 6.45) is 4.73. The van der Waals surface area contributed by atoms with E-state index in [0.29, 0.717) is 25.1 Å². The van der Waals surface area contributed by atoms with E-state index in [1.807, 2.05) is 34.6 Å². The Morgan fingerprint density at radius 1 is 1.20 bits per heavy atom. The maximum Gasteiger partial charge on any atom is 0.231 e. The molecule has 1 rings (SSSR count). The number of rotatable bonds is 5. The van der Waals surface area contributed by atoms with Gasteiger partial charge >= 0.3 is 0 Å². The van der Waals surface area contributed by atoms with Gasteiger partial charge in [-0.3, -0.25) is 4.79 Å². The van der Waals surface area contributed by atoms with Crippen LogP contribution in [-0.4, -0.2) is 22.4 Å². The summed E-state index contributed by atoms with van der Waals surface area (Å²) in [6, 6.07) is 0. The van der Waals surface area contributed by atoms with Crippen molar-refractivity contribution in [2.75, 3.05) is 11.9 Å². The van der Waals surface area contributed by atoms with Crippen LogP contribution in [0.15, 0.2) is 12.4 Å². The van der Waals surface area contributed by atoms with E-state index in [2.05, 4.69) is 15.3 Å². The summed E-state index contributed by atoms with van der Waals surface area (Å²) in [5, 5.41) is 2.87. The van der Waals surface area contributed by atoms with Gasteiger partial charge in [0.25, 0.3) is 0 Å². The standard InChI is InChI=1S/C15H26N4O/c1-6-15(7-2,10-16)13(20)19-11-8-17-12(18-9-11)14(3,4)5/h8-9H,6-7,10,16H2,1-5H3,(H,19,20). The lowest BCUT2D eigenvalue weighted by Crippen LogP contribution is -2.41. The van der Waals surface area contributed by atoms with Crippen molar-refractivity contribution < 1.29 is 4.79 Å². The number of hydrogen-bond acceptors (Lipinski definition) is 4. The lowest BCUT2D eigenvalue weighted by Gasteiger charge is -2.28. The lowest BCUT2D eigenvalue weighted by atomic mass is 9.81. The number of nitrogens with one attached hydrogen (secondary N) is 1. The highest BCUT2D eigenvalue weighted by atomic mass is 16.2. The van der Waals surface area contributed by atoms with Crippen molar-refractivity contribution in [3.8, 4) is 0 Å². The molecule has 0 aliphatic carbocycles. The molecule has 0 aliphatic heterocycles. The number of amides is 1. The van der Waals surface area contributed by atoms with Crippen LogP contribution < -0.4 is 11.1 Å². The fourth-order valence-electron chi connectivity index (χ4n) is 2.00.